The standard InChI is InChI=1S/C9H13.C6H11NO.C2H7Si.Ti/c1-6-5-7(2)9(4)8(6)3;7-6(8)5-3-1-2-4-5;1-3-2;/h6H,1-4H3;5H,1-4H2,(H2,7,8);3H,1-2H3;/q-1;;;+2/p-1. The van der Waals surface area contributed by atoms with Gasteiger partial charge in [-0.05, 0) is 12.8 Å². The quantitative estimate of drug-likeness (QED) is 0.489. The Morgan fingerprint density at radius 3 is 1.76 bits per heavy atom. The zero-order valence-corrected chi connectivity index (χ0v) is 17.2. The molecule has 0 spiro atoms. The summed E-state index contributed by atoms with van der Waals surface area (Å²) in [6, 6.07) is 0. The van der Waals surface area contributed by atoms with Crippen LogP contribution in [0.15, 0.2) is 16.7 Å². The molecule has 0 heterocycles. The number of hydrogen-bond donors (Lipinski definition) is 0. The number of carbonyl (C=O) groups is 1. The molecule has 1 radical (unpaired) electrons. The van der Waals surface area contributed by atoms with E-state index in [0.717, 1.165) is 35.2 Å². The third-order valence-electron chi connectivity index (χ3n) is 3.96. The van der Waals surface area contributed by atoms with Gasteiger partial charge in [-0.3, -0.25) is 6.08 Å². The largest absolute Gasteiger partial charge is 2.00 e. The fourth-order valence-electron chi connectivity index (χ4n) is 2.35. The van der Waals surface area contributed by atoms with Crippen LogP contribution in [0.25, 0.3) is 5.73 Å². The van der Waals surface area contributed by atoms with Crippen LogP contribution in [-0.4, -0.2) is 15.4 Å². The van der Waals surface area contributed by atoms with E-state index < -0.39 is 0 Å². The van der Waals surface area contributed by atoms with Crippen LogP contribution in [0.4, 0.5) is 0 Å². The van der Waals surface area contributed by atoms with Gasteiger partial charge in [0, 0.05) is 15.4 Å². The number of nitrogens with one attached hydrogen (secondary N) is 1. The van der Waals surface area contributed by atoms with Crippen LogP contribution in [0.2, 0.25) is 13.1 Å². The van der Waals surface area contributed by atoms with Crippen molar-refractivity contribution < 1.29 is 26.5 Å². The van der Waals surface area contributed by atoms with Crippen molar-refractivity contribution in [3.63, 3.8) is 0 Å². The maximum Gasteiger partial charge on any atom is 2.00 e. The van der Waals surface area contributed by atoms with Crippen molar-refractivity contribution in [2.45, 2.75) is 66.5 Å². The van der Waals surface area contributed by atoms with E-state index in [1.54, 1.807) is 0 Å². The molecule has 1 atom stereocenters. The summed E-state index contributed by atoms with van der Waals surface area (Å²) in [7, 11) is 0.750. The van der Waals surface area contributed by atoms with E-state index in [-0.39, 0.29) is 33.5 Å². The van der Waals surface area contributed by atoms with Crippen molar-refractivity contribution in [3.8, 4) is 0 Å². The zero-order valence-electron chi connectivity index (χ0n) is 14.5. The van der Waals surface area contributed by atoms with Gasteiger partial charge in [-0.15, -0.1) is 6.92 Å². The Morgan fingerprint density at radius 2 is 1.62 bits per heavy atom. The van der Waals surface area contributed by atoms with Crippen molar-refractivity contribution >= 4 is 15.4 Å². The summed E-state index contributed by atoms with van der Waals surface area (Å²) in [6.45, 7) is 13.1. The van der Waals surface area contributed by atoms with Gasteiger partial charge in [0.1, 0.15) is 0 Å². The van der Waals surface area contributed by atoms with Gasteiger partial charge in [0.2, 0.25) is 0 Å². The Bertz CT molecular complexity index is 371. The topological polar surface area (TPSA) is 40.9 Å². The summed E-state index contributed by atoms with van der Waals surface area (Å²) < 4.78 is 0. The van der Waals surface area contributed by atoms with Crippen LogP contribution in [-0.2, 0) is 26.5 Å². The number of carbonyl (C=O) groups excluding carboxylic acids is 1. The molecule has 0 aliphatic heterocycles. The van der Waals surface area contributed by atoms with Crippen LogP contribution in [0, 0.1) is 17.9 Å². The minimum atomic E-state index is -0.359. The van der Waals surface area contributed by atoms with Gasteiger partial charge >= 0.3 is 21.7 Å². The maximum atomic E-state index is 10.3. The van der Waals surface area contributed by atoms with E-state index in [9.17, 15) is 4.79 Å². The summed E-state index contributed by atoms with van der Waals surface area (Å²) in [5.41, 5.74) is 11.0. The molecule has 0 aromatic rings. The first-order valence-corrected chi connectivity index (χ1v) is 9.93. The zero-order chi connectivity index (χ0) is 15.7. The molecule has 1 unspecified atom stereocenters. The molecule has 2 aliphatic rings. The monoisotopic (exact) mass is 340 g/mol. The van der Waals surface area contributed by atoms with E-state index >= 15 is 0 Å². The molecule has 2 rings (SSSR count). The molecule has 0 aromatic heterocycles. The Balaban J connectivity index is 0. The van der Waals surface area contributed by atoms with E-state index in [1.165, 1.54) is 16.7 Å². The smallest absolute Gasteiger partial charge is 0.668 e. The van der Waals surface area contributed by atoms with Gasteiger partial charge in [-0.1, -0.05) is 52.6 Å². The summed E-state index contributed by atoms with van der Waals surface area (Å²) >= 11 is 0. The summed E-state index contributed by atoms with van der Waals surface area (Å²) in [5.74, 6) is 0.294. The minimum Gasteiger partial charge on any atom is -0.668 e. The summed E-state index contributed by atoms with van der Waals surface area (Å²) in [4.78, 5) is 10.3. The molecular formula is C17H30NOSiTi. The van der Waals surface area contributed by atoms with Crippen molar-refractivity contribution in [1.29, 1.82) is 0 Å². The average molecular weight is 340 g/mol. The number of hydrogen-bond acceptors (Lipinski definition) is 1. The SMILES string of the molecule is CC1=[C-]C(C)C(C)=C1C.C[SiH]C.[NH-]C(=O)C1CCCC1.[Ti+2]. The predicted octanol–water partition coefficient (Wildman–Crippen LogP) is 4.99. The molecule has 1 amide bonds. The van der Waals surface area contributed by atoms with Gasteiger partial charge in [-0.25, -0.2) is 5.57 Å². The Morgan fingerprint density at radius 1 is 1.19 bits per heavy atom. The van der Waals surface area contributed by atoms with Gasteiger partial charge in [-0.2, -0.15) is 11.1 Å². The summed E-state index contributed by atoms with van der Waals surface area (Å²) in [5, 5.41) is 0. The van der Waals surface area contributed by atoms with Gasteiger partial charge < -0.3 is 10.5 Å². The second-order valence-electron chi connectivity index (χ2n) is 5.72. The fraction of sp³-hybridized carbons (Fsp3) is 0.706. The number of amides is 1. The molecule has 21 heavy (non-hydrogen) atoms. The Kier molecular flexibility index (Phi) is 13.7. The van der Waals surface area contributed by atoms with E-state index in [0.29, 0.717) is 5.92 Å². The molecule has 1 fully saturated rings. The van der Waals surface area contributed by atoms with Crippen LogP contribution in [0.1, 0.15) is 53.4 Å². The number of allylic oxidation sites excluding steroid dienone is 4. The van der Waals surface area contributed by atoms with E-state index in [1.807, 2.05) is 0 Å². The minimum absolute atomic E-state index is 0. The number of rotatable bonds is 1. The molecule has 2 aliphatic carbocycles. The average Bonchev–Trinajstić information content (AvgIpc) is 2.98. The molecular weight excluding hydrogens is 310 g/mol. The van der Waals surface area contributed by atoms with Crippen molar-refractivity contribution in [2.24, 2.45) is 11.8 Å². The Labute approximate surface area is 148 Å². The van der Waals surface area contributed by atoms with E-state index in [2.05, 4.69) is 46.9 Å². The molecule has 0 saturated heterocycles. The van der Waals surface area contributed by atoms with Crippen molar-refractivity contribution in [3.05, 3.63) is 28.5 Å². The Hall–Kier alpha value is -0.119. The third kappa shape index (κ3) is 8.80. The van der Waals surface area contributed by atoms with Crippen molar-refractivity contribution in [2.75, 3.05) is 0 Å². The molecule has 0 aromatic carbocycles. The second-order valence-corrected chi connectivity index (χ2v) is 6.88. The molecule has 4 heteroatoms. The summed E-state index contributed by atoms with van der Waals surface area (Å²) in [6.07, 6.45) is 7.58. The van der Waals surface area contributed by atoms with Gasteiger partial charge in [0.25, 0.3) is 0 Å². The van der Waals surface area contributed by atoms with Crippen molar-refractivity contribution in [1.82, 2.24) is 0 Å². The molecule has 117 valence electrons. The third-order valence-corrected chi connectivity index (χ3v) is 3.96. The van der Waals surface area contributed by atoms with Crippen LogP contribution in [0.3, 0.4) is 0 Å². The molecule has 1 N–H and O–H groups in total. The van der Waals surface area contributed by atoms with Gasteiger partial charge in [0.05, 0.1) is 5.91 Å². The fourth-order valence-corrected chi connectivity index (χ4v) is 2.35. The molecule has 2 nitrogen and oxygen atoms in total. The first-order chi connectivity index (χ1) is 9.34. The molecule has 1 saturated carbocycles. The predicted molar refractivity (Wildman–Crippen MR) is 90.1 cm³/mol. The van der Waals surface area contributed by atoms with E-state index in [4.69, 9.17) is 5.73 Å². The first-order valence-electron chi connectivity index (χ1n) is 7.62. The van der Waals surface area contributed by atoms with Crippen LogP contribution in [0.5, 0.6) is 0 Å². The van der Waals surface area contributed by atoms with Gasteiger partial charge in [0.15, 0.2) is 0 Å². The first kappa shape index (κ1) is 23.2. The second kappa shape index (κ2) is 12.4. The molecule has 0 bridgehead atoms. The normalized spacial score (nSPS) is 20.7. The van der Waals surface area contributed by atoms with Crippen LogP contribution >= 0.6 is 0 Å². The maximum absolute atomic E-state index is 10.3. The van der Waals surface area contributed by atoms with Crippen LogP contribution < -0.4 is 0 Å².